The Hall–Kier alpha value is -3.28. The van der Waals surface area contributed by atoms with Crippen molar-refractivity contribution in [3.8, 4) is 0 Å². The largest absolute Gasteiger partial charge is 0.472 e. The van der Waals surface area contributed by atoms with Crippen molar-refractivity contribution in [3.05, 3.63) is 78.6 Å². The van der Waals surface area contributed by atoms with Gasteiger partial charge >= 0.3 is 0 Å². The molecule has 1 aromatic carbocycles. The fourth-order valence-corrected chi connectivity index (χ4v) is 2.48. The summed E-state index contributed by atoms with van der Waals surface area (Å²) in [6.07, 6.45) is 5.69. The number of anilines is 1. The molecule has 128 valence electrons. The first-order valence-electron chi connectivity index (χ1n) is 7.87. The van der Waals surface area contributed by atoms with Gasteiger partial charge in [-0.2, -0.15) is 0 Å². The lowest BCUT2D eigenvalue weighted by atomic mass is 10.2. The van der Waals surface area contributed by atoms with Crippen LogP contribution in [0.25, 0.3) is 0 Å². The van der Waals surface area contributed by atoms with Gasteiger partial charge in [-0.25, -0.2) is 0 Å². The molecule has 0 saturated carbocycles. The minimum atomic E-state index is -0.265. The Bertz CT molecular complexity index is 811. The average molecular weight is 338 g/mol. The van der Waals surface area contributed by atoms with Gasteiger partial charge in [0, 0.05) is 18.3 Å². The van der Waals surface area contributed by atoms with Crippen LogP contribution in [0.3, 0.4) is 0 Å². The van der Waals surface area contributed by atoms with Crippen molar-refractivity contribution < 1.29 is 18.4 Å². The van der Waals surface area contributed by atoms with E-state index < -0.39 is 0 Å². The van der Waals surface area contributed by atoms with Crippen LogP contribution in [0, 0.1) is 0 Å². The van der Waals surface area contributed by atoms with Gasteiger partial charge in [0.2, 0.25) is 0 Å². The molecule has 3 aromatic rings. The van der Waals surface area contributed by atoms with E-state index in [1.807, 2.05) is 37.3 Å². The Morgan fingerprint density at radius 2 is 1.64 bits per heavy atom. The van der Waals surface area contributed by atoms with Crippen molar-refractivity contribution >= 4 is 17.5 Å². The number of nitrogens with zero attached hydrogens (tertiary/aromatic N) is 1. The number of para-hydroxylation sites is 1. The summed E-state index contributed by atoms with van der Waals surface area (Å²) in [5.41, 5.74) is 1.65. The second-order valence-corrected chi connectivity index (χ2v) is 5.65. The van der Waals surface area contributed by atoms with Gasteiger partial charge in [-0.3, -0.25) is 9.59 Å². The summed E-state index contributed by atoms with van der Waals surface area (Å²) in [5.74, 6) is -0.436. The Kier molecular flexibility index (Phi) is 4.99. The minimum Gasteiger partial charge on any atom is -0.472 e. The maximum atomic E-state index is 12.8. The molecule has 0 radical (unpaired) electrons. The normalized spacial score (nSPS) is 11.7. The van der Waals surface area contributed by atoms with Gasteiger partial charge in [-0.15, -0.1) is 0 Å². The molecule has 6 nitrogen and oxygen atoms in total. The fraction of sp³-hybridized carbons (Fsp3) is 0.158. The van der Waals surface area contributed by atoms with Crippen LogP contribution in [-0.2, 0) is 0 Å². The summed E-state index contributed by atoms with van der Waals surface area (Å²) in [7, 11) is 0. The number of hydrogen-bond acceptors (Lipinski definition) is 4. The first-order chi connectivity index (χ1) is 12.1. The number of rotatable bonds is 6. The Labute approximate surface area is 145 Å². The van der Waals surface area contributed by atoms with Gasteiger partial charge in [0.25, 0.3) is 11.8 Å². The predicted octanol–water partition coefficient (Wildman–Crippen LogP) is 3.34. The van der Waals surface area contributed by atoms with E-state index in [0.717, 1.165) is 5.69 Å². The summed E-state index contributed by atoms with van der Waals surface area (Å²) in [6.45, 7) is 2.16. The van der Waals surface area contributed by atoms with Gasteiger partial charge in [-0.05, 0) is 31.2 Å². The lowest BCUT2D eigenvalue weighted by Crippen LogP contribution is -2.44. The van der Waals surface area contributed by atoms with Gasteiger partial charge in [0.1, 0.15) is 12.5 Å². The predicted molar refractivity (Wildman–Crippen MR) is 92.5 cm³/mol. The summed E-state index contributed by atoms with van der Waals surface area (Å²) < 4.78 is 9.93. The smallest absolute Gasteiger partial charge is 0.261 e. The zero-order valence-electron chi connectivity index (χ0n) is 13.7. The number of nitrogens with one attached hydrogen (secondary N) is 1. The van der Waals surface area contributed by atoms with E-state index >= 15 is 0 Å². The third-order valence-electron chi connectivity index (χ3n) is 3.70. The molecule has 25 heavy (non-hydrogen) atoms. The second kappa shape index (κ2) is 7.53. The summed E-state index contributed by atoms with van der Waals surface area (Å²) in [6, 6.07) is 12.2. The van der Waals surface area contributed by atoms with Gasteiger partial charge in [0.05, 0.1) is 23.7 Å². The Morgan fingerprint density at radius 1 is 1.00 bits per heavy atom. The molecule has 0 aliphatic heterocycles. The highest BCUT2D eigenvalue weighted by Crippen LogP contribution is 2.18. The highest BCUT2D eigenvalue weighted by atomic mass is 16.3. The van der Waals surface area contributed by atoms with Crippen molar-refractivity contribution in [2.24, 2.45) is 0 Å². The van der Waals surface area contributed by atoms with E-state index in [1.165, 1.54) is 25.1 Å². The van der Waals surface area contributed by atoms with Crippen LogP contribution in [0.4, 0.5) is 5.69 Å². The number of carbonyl (C=O) groups is 2. The van der Waals surface area contributed by atoms with E-state index in [4.69, 9.17) is 8.83 Å². The van der Waals surface area contributed by atoms with E-state index in [0.29, 0.717) is 17.7 Å². The number of hydrogen-bond donors (Lipinski definition) is 1. The topological polar surface area (TPSA) is 75.7 Å². The zero-order valence-corrected chi connectivity index (χ0v) is 13.7. The standard InChI is InChI=1S/C19H18N2O4/c1-14(20-18(22)15-7-9-24-12-15)11-21(17-5-3-2-4-6-17)19(23)16-8-10-25-13-16/h2-10,12-14H,11H2,1H3,(H,20,22)/t14-/m0/s1. The SMILES string of the molecule is C[C@@H](CN(C(=O)c1ccoc1)c1ccccc1)NC(=O)c1ccoc1. The molecule has 0 unspecified atom stereocenters. The van der Waals surface area contributed by atoms with Gasteiger partial charge in [0.15, 0.2) is 0 Å². The van der Waals surface area contributed by atoms with E-state index in [-0.39, 0.29) is 17.9 Å². The summed E-state index contributed by atoms with van der Waals surface area (Å²) >= 11 is 0. The minimum absolute atomic E-state index is 0.190. The van der Waals surface area contributed by atoms with E-state index in [2.05, 4.69) is 5.32 Å². The quantitative estimate of drug-likeness (QED) is 0.748. The average Bonchev–Trinajstić information content (AvgIpc) is 3.33. The molecule has 1 N–H and O–H groups in total. The maximum absolute atomic E-state index is 12.8. The number of carbonyl (C=O) groups excluding carboxylic acids is 2. The molecule has 6 heteroatoms. The molecule has 2 heterocycles. The van der Waals surface area contributed by atoms with Gasteiger partial charge < -0.3 is 19.1 Å². The lowest BCUT2D eigenvalue weighted by Gasteiger charge is -2.26. The Balaban J connectivity index is 1.75. The molecule has 0 fully saturated rings. The van der Waals surface area contributed by atoms with Crippen molar-refractivity contribution in [2.45, 2.75) is 13.0 Å². The molecule has 0 spiro atoms. The van der Waals surface area contributed by atoms with E-state index in [9.17, 15) is 9.59 Å². The first-order valence-corrected chi connectivity index (χ1v) is 7.87. The molecule has 2 amide bonds. The van der Waals surface area contributed by atoms with Crippen LogP contribution in [0.2, 0.25) is 0 Å². The van der Waals surface area contributed by atoms with Crippen LogP contribution in [0.5, 0.6) is 0 Å². The first kappa shape index (κ1) is 16.6. The van der Waals surface area contributed by atoms with Crippen LogP contribution < -0.4 is 10.2 Å². The number of benzene rings is 1. The molecule has 0 aliphatic carbocycles. The molecule has 2 aromatic heterocycles. The molecular formula is C19H18N2O4. The van der Waals surface area contributed by atoms with E-state index in [1.54, 1.807) is 17.0 Å². The molecule has 1 atom stereocenters. The van der Waals surface area contributed by atoms with Crippen molar-refractivity contribution in [1.82, 2.24) is 5.32 Å². The van der Waals surface area contributed by atoms with Crippen LogP contribution in [0.1, 0.15) is 27.6 Å². The maximum Gasteiger partial charge on any atom is 0.261 e. The van der Waals surface area contributed by atoms with Crippen molar-refractivity contribution in [1.29, 1.82) is 0 Å². The molecule has 0 saturated heterocycles. The molecular weight excluding hydrogens is 320 g/mol. The number of furan rings is 2. The lowest BCUT2D eigenvalue weighted by molar-refractivity contribution is 0.0927. The summed E-state index contributed by atoms with van der Waals surface area (Å²) in [5, 5.41) is 2.87. The number of amides is 2. The molecule has 3 rings (SSSR count). The summed E-state index contributed by atoms with van der Waals surface area (Å²) in [4.78, 5) is 26.6. The fourth-order valence-electron chi connectivity index (χ4n) is 2.48. The third kappa shape index (κ3) is 3.98. The molecule has 0 bridgehead atoms. The van der Waals surface area contributed by atoms with Crippen LogP contribution in [0.15, 0.2) is 76.4 Å². The van der Waals surface area contributed by atoms with Crippen molar-refractivity contribution in [2.75, 3.05) is 11.4 Å². The van der Waals surface area contributed by atoms with Crippen molar-refractivity contribution in [3.63, 3.8) is 0 Å². The third-order valence-corrected chi connectivity index (χ3v) is 3.70. The Morgan fingerprint density at radius 3 is 2.24 bits per heavy atom. The van der Waals surface area contributed by atoms with Gasteiger partial charge in [-0.1, -0.05) is 18.2 Å². The highest BCUT2D eigenvalue weighted by Gasteiger charge is 2.22. The highest BCUT2D eigenvalue weighted by molar-refractivity contribution is 6.06. The van der Waals surface area contributed by atoms with Crippen LogP contribution >= 0.6 is 0 Å². The zero-order chi connectivity index (χ0) is 17.6. The van der Waals surface area contributed by atoms with Crippen LogP contribution in [-0.4, -0.2) is 24.4 Å². The monoisotopic (exact) mass is 338 g/mol. The second-order valence-electron chi connectivity index (χ2n) is 5.65. The molecule has 0 aliphatic rings.